The molecule has 2 N–H and O–H groups in total. The van der Waals surface area contributed by atoms with Gasteiger partial charge in [-0.05, 0) is 12.5 Å². The molecule has 1 aromatic carbocycles. The predicted octanol–water partition coefficient (Wildman–Crippen LogP) is 1.11. The summed E-state index contributed by atoms with van der Waals surface area (Å²) in [4.78, 5) is 0. The molecule has 2 rings (SSSR count). The van der Waals surface area contributed by atoms with E-state index >= 15 is 0 Å². The topological polar surface area (TPSA) is 63.4 Å². The monoisotopic (exact) mass is 294 g/mol. The third kappa shape index (κ3) is 3.41. The molecule has 1 heterocycles. The van der Waals surface area contributed by atoms with Crippen LogP contribution in [0.4, 0.5) is 4.39 Å². The second kappa shape index (κ2) is 5.97. The lowest BCUT2D eigenvalue weighted by Crippen LogP contribution is -2.33. The van der Waals surface area contributed by atoms with Crippen molar-refractivity contribution in [3.05, 3.63) is 35.6 Å². The molecule has 0 radical (unpaired) electrons. The number of hydrogen-bond donors (Lipinski definition) is 1. The van der Waals surface area contributed by atoms with Gasteiger partial charge in [0, 0.05) is 24.7 Å². The summed E-state index contributed by atoms with van der Waals surface area (Å²) in [6.07, 6.45) is 0.663. The molecule has 1 aliphatic rings. The Morgan fingerprint density at radius 2 is 2.06 bits per heavy atom. The first kappa shape index (κ1) is 15.4. The van der Waals surface area contributed by atoms with Gasteiger partial charge in [0.2, 0.25) is 10.0 Å². The molecule has 0 saturated carbocycles. The highest BCUT2D eigenvalue weighted by atomic mass is 35.5. The molecule has 1 saturated heterocycles. The summed E-state index contributed by atoms with van der Waals surface area (Å²) in [6.45, 7) is 0.759. The van der Waals surface area contributed by atoms with E-state index in [-0.39, 0.29) is 29.8 Å². The molecule has 1 aromatic rings. The van der Waals surface area contributed by atoms with Crippen LogP contribution < -0.4 is 5.73 Å². The predicted molar refractivity (Wildman–Crippen MR) is 70.4 cm³/mol. The van der Waals surface area contributed by atoms with Crippen LogP contribution in [0.5, 0.6) is 0 Å². The zero-order valence-corrected chi connectivity index (χ0v) is 11.4. The molecule has 4 nitrogen and oxygen atoms in total. The summed E-state index contributed by atoms with van der Waals surface area (Å²) in [5.41, 5.74) is 5.87. The van der Waals surface area contributed by atoms with E-state index in [0.29, 0.717) is 19.5 Å². The van der Waals surface area contributed by atoms with Crippen LogP contribution in [0.15, 0.2) is 24.3 Å². The van der Waals surface area contributed by atoms with Crippen molar-refractivity contribution in [2.75, 3.05) is 13.1 Å². The third-order valence-corrected chi connectivity index (χ3v) is 4.67. The molecule has 7 heteroatoms. The van der Waals surface area contributed by atoms with Crippen molar-refractivity contribution in [3.8, 4) is 0 Å². The van der Waals surface area contributed by atoms with Crippen molar-refractivity contribution in [2.45, 2.75) is 18.2 Å². The van der Waals surface area contributed by atoms with Crippen LogP contribution in [0.25, 0.3) is 0 Å². The van der Waals surface area contributed by atoms with Crippen molar-refractivity contribution in [3.63, 3.8) is 0 Å². The van der Waals surface area contributed by atoms with E-state index in [0.717, 1.165) is 0 Å². The standard InChI is InChI=1S/C11H15FN2O2S.ClH/c12-11-4-2-1-3-9(11)8-17(15,16)14-6-5-10(13)7-14;/h1-4,10H,5-8,13H2;1H/t10-;/m1./s1. The molecule has 18 heavy (non-hydrogen) atoms. The van der Waals surface area contributed by atoms with Gasteiger partial charge in [-0.25, -0.2) is 17.1 Å². The Kier molecular flexibility index (Phi) is 5.10. The van der Waals surface area contributed by atoms with Gasteiger partial charge in [-0.1, -0.05) is 18.2 Å². The summed E-state index contributed by atoms with van der Waals surface area (Å²) >= 11 is 0. The summed E-state index contributed by atoms with van der Waals surface area (Å²) in [5, 5.41) is 0. The Labute approximate surface area is 112 Å². The number of nitrogens with two attached hydrogens (primary N) is 1. The number of halogens is 2. The number of sulfonamides is 1. The Bertz CT molecular complexity index is 510. The first-order valence-electron chi connectivity index (χ1n) is 5.46. The first-order valence-corrected chi connectivity index (χ1v) is 7.07. The zero-order chi connectivity index (χ0) is 12.5. The molecule has 0 spiro atoms. The second-order valence-corrected chi connectivity index (χ2v) is 6.22. The van der Waals surface area contributed by atoms with Crippen LogP contribution in [0.1, 0.15) is 12.0 Å². The second-order valence-electron chi connectivity index (χ2n) is 4.25. The van der Waals surface area contributed by atoms with Crippen molar-refractivity contribution >= 4 is 22.4 Å². The molecular formula is C11H16ClFN2O2S. The Balaban J connectivity index is 0.00000162. The summed E-state index contributed by atoms with van der Waals surface area (Å²) in [5.74, 6) is -0.786. The van der Waals surface area contributed by atoms with E-state index in [1.54, 1.807) is 6.07 Å². The normalized spacial score (nSPS) is 20.7. The van der Waals surface area contributed by atoms with Gasteiger partial charge in [-0.3, -0.25) is 0 Å². The van der Waals surface area contributed by atoms with E-state index in [9.17, 15) is 12.8 Å². The zero-order valence-electron chi connectivity index (χ0n) is 9.75. The minimum Gasteiger partial charge on any atom is -0.326 e. The summed E-state index contributed by atoms with van der Waals surface area (Å²) in [7, 11) is -3.46. The van der Waals surface area contributed by atoms with Crippen molar-refractivity contribution in [2.24, 2.45) is 5.73 Å². The van der Waals surface area contributed by atoms with Gasteiger partial charge in [0.15, 0.2) is 0 Å². The van der Waals surface area contributed by atoms with E-state index in [4.69, 9.17) is 5.73 Å². The van der Waals surface area contributed by atoms with Gasteiger partial charge >= 0.3 is 0 Å². The maximum absolute atomic E-state index is 13.4. The lowest BCUT2D eigenvalue weighted by Gasteiger charge is -2.16. The number of hydrogen-bond acceptors (Lipinski definition) is 3. The molecular weight excluding hydrogens is 279 g/mol. The molecule has 0 bridgehead atoms. The van der Waals surface area contributed by atoms with Crippen LogP contribution in [-0.4, -0.2) is 31.9 Å². The molecule has 0 aliphatic carbocycles. The van der Waals surface area contributed by atoms with Gasteiger partial charge < -0.3 is 5.73 Å². The van der Waals surface area contributed by atoms with E-state index in [1.807, 2.05) is 0 Å². The highest BCUT2D eigenvalue weighted by Gasteiger charge is 2.30. The molecule has 102 valence electrons. The Morgan fingerprint density at radius 1 is 1.39 bits per heavy atom. The van der Waals surface area contributed by atoms with Crippen LogP contribution >= 0.6 is 12.4 Å². The fourth-order valence-electron chi connectivity index (χ4n) is 1.91. The van der Waals surface area contributed by atoms with Gasteiger partial charge in [-0.2, -0.15) is 0 Å². The minimum atomic E-state index is -3.46. The van der Waals surface area contributed by atoms with E-state index in [1.165, 1.54) is 22.5 Å². The summed E-state index contributed by atoms with van der Waals surface area (Å²) in [6, 6.07) is 5.81. The molecule has 0 unspecified atom stereocenters. The van der Waals surface area contributed by atoms with Gasteiger partial charge in [0.1, 0.15) is 5.82 Å². The van der Waals surface area contributed by atoms with Crippen LogP contribution in [-0.2, 0) is 15.8 Å². The Hall–Kier alpha value is -0.690. The average Bonchev–Trinajstić information content (AvgIpc) is 2.69. The minimum absolute atomic E-state index is 0. The molecule has 1 aliphatic heterocycles. The first-order chi connectivity index (χ1) is 7.99. The Morgan fingerprint density at radius 3 is 2.61 bits per heavy atom. The van der Waals surface area contributed by atoms with Crippen molar-refractivity contribution in [1.82, 2.24) is 4.31 Å². The van der Waals surface area contributed by atoms with E-state index in [2.05, 4.69) is 0 Å². The maximum atomic E-state index is 13.4. The molecule has 0 amide bonds. The third-order valence-electron chi connectivity index (χ3n) is 2.88. The van der Waals surface area contributed by atoms with Crippen molar-refractivity contribution in [1.29, 1.82) is 0 Å². The van der Waals surface area contributed by atoms with Gasteiger partial charge in [-0.15, -0.1) is 12.4 Å². The van der Waals surface area contributed by atoms with Crippen LogP contribution in [0.2, 0.25) is 0 Å². The van der Waals surface area contributed by atoms with E-state index < -0.39 is 15.8 Å². The number of nitrogens with zero attached hydrogens (tertiary/aromatic N) is 1. The lowest BCUT2D eigenvalue weighted by atomic mass is 10.2. The lowest BCUT2D eigenvalue weighted by molar-refractivity contribution is 0.470. The molecule has 1 fully saturated rings. The van der Waals surface area contributed by atoms with Crippen LogP contribution in [0, 0.1) is 5.82 Å². The van der Waals surface area contributed by atoms with Gasteiger partial charge in [0.05, 0.1) is 5.75 Å². The average molecular weight is 295 g/mol. The quantitative estimate of drug-likeness (QED) is 0.908. The summed E-state index contributed by atoms with van der Waals surface area (Å²) < 4.78 is 38.7. The number of benzene rings is 1. The smallest absolute Gasteiger partial charge is 0.218 e. The van der Waals surface area contributed by atoms with Crippen LogP contribution in [0.3, 0.4) is 0 Å². The van der Waals surface area contributed by atoms with Crippen molar-refractivity contribution < 1.29 is 12.8 Å². The maximum Gasteiger partial charge on any atom is 0.218 e. The highest BCUT2D eigenvalue weighted by molar-refractivity contribution is 7.88. The molecule has 1 atom stereocenters. The van der Waals surface area contributed by atoms with Gasteiger partial charge in [0.25, 0.3) is 0 Å². The fraction of sp³-hybridized carbons (Fsp3) is 0.455. The molecule has 0 aromatic heterocycles. The number of rotatable bonds is 3. The largest absolute Gasteiger partial charge is 0.326 e. The fourth-order valence-corrected chi connectivity index (χ4v) is 3.52. The highest BCUT2D eigenvalue weighted by Crippen LogP contribution is 2.18. The SMILES string of the molecule is Cl.N[C@@H]1CCN(S(=O)(=O)Cc2ccccc2F)C1.